The molecule has 1 heterocycles. The molecule has 2 rings (SSSR count). The molecular weight excluding hydrogens is 180 g/mol. The molecule has 0 amide bonds. The molecule has 64 valence electrons. The standard InChI is InChI=1S/C7H12N2S.ClH/c8-7-9-5-3-1-2-4-6(5)10-7;/h5-6H,1-4H2,(H2,8,9);1H. The van der Waals surface area contributed by atoms with Crippen molar-refractivity contribution in [3.8, 4) is 0 Å². The Morgan fingerprint density at radius 1 is 1.36 bits per heavy atom. The molecule has 2 unspecified atom stereocenters. The molecule has 0 aromatic carbocycles. The highest BCUT2D eigenvalue weighted by molar-refractivity contribution is 8.14. The second kappa shape index (κ2) is 3.68. The van der Waals surface area contributed by atoms with Crippen molar-refractivity contribution in [2.24, 2.45) is 10.7 Å². The molecule has 0 radical (unpaired) electrons. The van der Waals surface area contributed by atoms with E-state index in [4.69, 9.17) is 5.73 Å². The Hall–Kier alpha value is 0.110. The summed E-state index contributed by atoms with van der Waals surface area (Å²) >= 11 is 1.78. The smallest absolute Gasteiger partial charge is 0.154 e. The van der Waals surface area contributed by atoms with E-state index in [2.05, 4.69) is 4.99 Å². The van der Waals surface area contributed by atoms with Crippen molar-refractivity contribution in [3.63, 3.8) is 0 Å². The van der Waals surface area contributed by atoms with Gasteiger partial charge in [0.15, 0.2) is 5.17 Å². The fourth-order valence-corrected chi connectivity index (χ4v) is 2.86. The molecule has 0 aromatic rings. The molecule has 1 fully saturated rings. The number of hydrogen-bond donors (Lipinski definition) is 1. The van der Waals surface area contributed by atoms with Gasteiger partial charge in [0, 0.05) is 5.25 Å². The number of amidine groups is 1. The zero-order valence-corrected chi connectivity index (χ0v) is 7.96. The summed E-state index contributed by atoms with van der Waals surface area (Å²) in [6.45, 7) is 0. The van der Waals surface area contributed by atoms with Gasteiger partial charge < -0.3 is 5.73 Å². The van der Waals surface area contributed by atoms with E-state index in [0.29, 0.717) is 6.04 Å². The minimum absolute atomic E-state index is 0. The van der Waals surface area contributed by atoms with Crippen LogP contribution in [0.1, 0.15) is 25.7 Å². The Balaban J connectivity index is 0.000000605. The van der Waals surface area contributed by atoms with Gasteiger partial charge in [-0.2, -0.15) is 0 Å². The first kappa shape index (κ1) is 9.20. The van der Waals surface area contributed by atoms with Gasteiger partial charge in [0.1, 0.15) is 0 Å². The third-order valence-corrected chi connectivity index (χ3v) is 3.43. The molecular formula is C7H13ClN2S. The van der Waals surface area contributed by atoms with Crippen LogP contribution in [0.5, 0.6) is 0 Å². The monoisotopic (exact) mass is 192 g/mol. The van der Waals surface area contributed by atoms with E-state index in [1.54, 1.807) is 11.8 Å². The van der Waals surface area contributed by atoms with Gasteiger partial charge in [0.05, 0.1) is 6.04 Å². The average Bonchev–Trinajstić information content (AvgIpc) is 2.27. The second-order valence-corrected chi connectivity index (χ2v) is 4.23. The number of aliphatic imine (C=N–C) groups is 1. The highest BCUT2D eigenvalue weighted by atomic mass is 35.5. The van der Waals surface area contributed by atoms with E-state index in [9.17, 15) is 0 Å². The number of nitrogens with two attached hydrogens (primary N) is 1. The summed E-state index contributed by atoms with van der Waals surface area (Å²) in [5.74, 6) is 0. The van der Waals surface area contributed by atoms with Crippen LogP contribution in [0, 0.1) is 0 Å². The zero-order chi connectivity index (χ0) is 6.97. The summed E-state index contributed by atoms with van der Waals surface area (Å²) in [7, 11) is 0. The van der Waals surface area contributed by atoms with Gasteiger partial charge in [-0.1, -0.05) is 24.6 Å². The van der Waals surface area contributed by atoms with Crippen molar-refractivity contribution in [2.45, 2.75) is 37.0 Å². The SMILES string of the molecule is Cl.NC1=NC2CCCCC2S1. The van der Waals surface area contributed by atoms with Gasteiger partial charge in [0.25, 0.3) is 0 Å². The van der Waals surface area contributed by atoms with E-state index in [0.717, 1.165) is 10.4 Å². The fourth-order valence-electron chi connectivity index (χ4n) is 1.71. The summed E-state index contributed by atoms with van der Waals surface area (Å²) in [4.78, 5) is 4.37. The van der Waals surface area contributed by atoms with E-state index in [1.165, 1.54) is 25.7 Å². The quantitative estimate of drug-likeness (QED) is 0.636. The summed E-state index contributed by atoms with van der Waals surface area (Å²) < 4.78 is 0. The summed E-state index contributed by atoms with van der Waals surface area (Å²) in [6, 6.07) is 0.568. The van der Waals surface area contributed by atoms with Gasteiger partial charge in [-0.15, -0.1) is 12.4 Å². The molecule has 2 atom stereocenters. The lowest BCUT2D eigenvalue weighted by Crippen LogP contribution is -2.21. The first-order valence-electron chi connectivity index (χ1n) is 3.86. The lowest BCUT2D eigenvalue weighted by atomic mass is 9.96. The topological polar surface area (TPSA) is 38.4 Å². The molecule has 1 saturated carbocycles. The third kappa shape index (κ3) is 1.82. The number of halogens is 1. The maximum atomic E-state index is 5.61. The van der Waals surface area contributed by atoms with Crippen molar-refractivity contribution in [1.29, 1.82) is 0 Å². The van der Waals surface area contributed by atoms with Crippen LogP contribution in [0.2, 0.25) is 0 Å². The van der Waals surface area contributed by atoms with Crippen LogP contribution in [0.3, 0.4) is 0 Å². The van der Waals surface area contributed by atoms with Crippen molar-refractivity contribution >= 4 is 29.3 Å². The first-order valence-corrected chi connectivity index (χ1v) is 4.74. The normalized spacial score (nSPS) is 35.5. The summed E-state index contributed by atoms with van der Waals surface area (Å²) in [5, 5.41) is 1.55. The van der Waals surface area contributed by atoms with Crippen LogP contribution in [0.15, 0.2) is 4.99 Å². The molecule has 0 spiro atoms. The zero-order valence-electron chi connectivity index (χ0n) is 6.32. The Labute approximate surface area is 77.4 Å². The lowest BCUT2D eigenvalue weighted by Gasteiger charge is -2.21. The number of thioether (sulfide) groups is 1. The molecule has 2 nitrogen and oxygen atoms in total. The van der Waals surface area contributed by atoms with Crippen molar-refractivity contribution in [2.75, 3.05) is 0 Å². The van der Waals surface area contributed by atoms with Gasteiger partial charge in [-0.05, 0) is 12.8 Å². The first-order chi connectivity index (χ1) is 4.86. The summed E-state index contributed by atoms with van der Waals surface area (Å²) in [6.07, 6.45) is 5.30. The van der Waals surface area contributed by atoms with Gasteiger partial charge >= 0.3 is 0 Å². The van der Waals surface area contributed by atoms with E-state index in [-0.39, 0.29) is 12.4 Å². The lowest BCUT2D eigenvalue weighted by molar-refractivity contribution is 0.461. The van der Waals surface area contributed by atoms with Gasteiger partial charge in [0.2, 0.25) is 0 Å². The van der Waals surface area contributed by atoms with E-state index in [1.807, 2.05) is 0 Å². The molecule has 0 aromatic heterocycles. The van der Waals surface area contributed by atoms with E-state index < -0.39 is 0 Å². The summed E-state index contributed by atoms with van der Waals surface area (Å²) in [5.41, 5.74) is 5.61. The molecule has 0 saturated heterocycles. The molecule has 1 aliphatic carbocycles. The van der Waals surface area contributed by atoms with Crippen LogP contribution < -0.4 is 5.73 Å². The predicted octanol–water partition coefficient (Wildman–Crippen LogP) is 1.78. The average molecular weight is 193 g/mol. The minimum Gasteiger partial charge on any atom is -0.379 e. The highest BCUT2D eigenvalue weighted by Gasteiger charge is 2.30. The molecule has 2 N–H and O–H groups in total. The maximum Gasteiger partial charge on any atom is 0.154 e. The minimum atomic E-state index is 0. The molecule has 0 bridgehead atoms. The fraction of sp³-hybridized carbons (Fsp3) is 0.857. The van der Waals surface area contributed by atoms with Crippen LogP contribution >= 0.6 is 24.2 Å². The number of rotatable bonds is 0. The van der Waals surface area contributed by atoms with Crippen LogP contribution in [-0.2, 0) is 0 Å². The van der Waals surface area contributed by atoms with Crippen molar-refractivity contribution < 1.29 is 0 Å². The Morgan fingerprint density at radius 2 is 2.09 bits per heavy atom. The number of hydrogen-bond acceptors (Lipinski definition) is 3. The van der Waals surface area contributed by atoms with Crippen LogP contribution in [-0.4, -0.2) is 16.5 Å². The number of nitrogens with zero attached hydrogens (tertiary/aromatic N) is 1. The Bertz CT molecular complexity index is 172. The van der Waals surface area contributed by atoms with Crippen LogP contribution in [0.25, 0.3) is 0 Å². The highest BCUT2D eigenvalue weighted by Crippen LogP contribution is 2.35. The molecule has 11 heavy (non-hydrogen) atoms. The molecule has 4 heteroatoms. The third-order valence-electron chi connectivity index (χ3n) is 2.23. The van der Waals surface area contributed by atoms with Gasteiger partial charge in [-0.25, -0.2) is 0 Å². The van der Waals surface area contributed by atoms with Crippen molar-refractivity contribution in [1.82, 2.24) is 0 Å². The molecule has 2 aliphatic rings. The Morgan fingerprint density at radius 3 is 2.82 bits per heavy atom. The maximum absolute atomic E-state index is 5.61. The second-order valence-electron chi connectivity index (χ2n) is 2.98. The number of fused-ring (bicyclic) bond motifs is 1. The Kier molecular flexibility index (Phi) is 3.07. The van der Waals surface area contributed by atoms with Crippen molar-refractivity contribution in [3.05, 3.63) is 0 Å². The van der Waals surface area contributed by atoms with Crippen LogP contribution in [0.4, 0.5) is 0 Å². The van der Waals surface area contributed by atoms with E-state index >= 15 is 0 Å². The van der Waals surface area contributed by atoms with Gasteiger partial charge in [-0.3, -0.25) is 4.99 Å². The molecule has 1 aliphatic heterocycles. The largest absolute Gasteiger partial charge is 0.379 e. The predicted molar refractivity (Wildman–Crippen MR) is 52.5 cm³/mol.